The molecule has 4 aromatic rings. The van der Waals surface area contributed by atoms with E-state index in [0.717, 1.165) is 26.7 Å². The fraction of sp³-hybridized carbons (Fsp3) is 0.150. The molecule has 4 nitrogen and oxygen atoms in total. The van der Waals surface area contributed by atoms with Crippen molar-refractivity contribution < 1.29 is 18.0 Å². The lowest BCUT2D eigenvalue weighted by Gasteiger charge is -2.13. The second kappa shape index (κ2) is 8.37. The third-order valence-electron chi connectivity index (χ3n) is 4.15. The van der Waals surface area contributed by atoms with Crippen LogP contribution in [0.2, 0.25) is 0 Å². The van der Waals surface area contributed by atoms with Crippen molar-refractivity contribution >= 4 is 56.2 Å². The molecule has 0 atom stereocenters. The zero-order chi connectivity index (χ0) is 21.3. The first-order valence-electron chi connectivity index (χ1n) is 8.71. The number of fused-ring (bicyclic) bond motifs is 1. The summed E-state index contributed by atoms with van der Waals surface area (Å²) in [7, 11) is 0. The number of rotatable bonds is 5. The van der Waals surface area contributed by atoms with Gasteiger partial charge >= 0.3 is 6.18 Å². The third kappa shape index (κ3) is 4.35. The van der Waals surface area contributed by atoms with Crippen LogP contribution in [-0.4, -0.2) is 21.6 Å². The lowest BCUT2D eigenvalue weighted by molar-refractivity contribution is -0.137. The Morgan fingerprint density at radius 2 is 1.93 bits per heavy atom. The summed E-state index contributed by atoms with van der Waals surface area (Å²) in [6, 6.07) is 8.88. The summed E-state index contributed by atoms with van der Waals surface area (Å²) in [5, 5.41) is 7.86. The zero-order valence-electron chi connectivity index (χ0n) is 15.5. The van der Waals surface area contributed by atoms with E-state index in [-0.39, 0.29) is 11.4 Å². The smallest absolute Gasteiger partial charge is 0.325 e. The molecule has 10 heteroatoms. The van der Waals surface area contributed by atoms with E-state index in [4.69, 9.17) is 0 Å². The number of anilines is 1. The summed E-state index contributed by atoms with van der Waals surface area (Å²) in [5.74, 6) is -0.0290. The second-order valence-corrected chi connectivity index (χ2v) is 9.03. The Morgan fingerprint density at radius 1 is 1.13 bits per heavy atom. The molecule has 1 N–H and O–H groups in total. The van der Waals surface area contributed by atoms with Crippen molar-refractivity contribution in [3.63, 3.8) is 0 Å². The maximum absolute atomic E-state index is 13.1. The Hall–Kier alpha value is -2.43. The van der Waals surface area contributed by atoms with E-state index in [0.29, 0.717) is 10.9 Å². The number of hydrogen-bond acceptors (Lipinski definition) is 6. The summed E-state index contributed by atoms with van der Waals surface area (Å²) in [5.41, 5.74) is -0.133. The molecule has 0 radical (unpaired) electrons. The van der Waals surface area contributed by atoms with E-state index in [1.54, 1.807) is 18.3 Å². The lowest BCUT2D eigenvalue weighted by Crippen LogP contribution is -2.18. The average molecular weight is 466 g/mol. The first kappa shape index (κ1) is 20.8. The van der Waals surface area contributed by atoms with Crippen LogP contribution in [0.1, 0.15) is 11.4 Å². The van der Waals surface area contributed by atoms with E-state index in [2.05, 4.69) is 15.3 Å². The molecule has 3 aromatic heterocycles. The minimum atomic E-state index is -4.54. The molecular weight excluding hydrogens is 451 g/mol. The van der Waals surface area contributed by atoms with Gasteiger partial charge in [-0.15, -0.1) is 22.7 Å². The molecule has 1 amide bonds. The molecule has 0 aliphatic rings. The summed E-state index contributed by atoms with van der Waals surface area (Å²) in [6.45, 7) is 1.77. The van der Waals surface area contributed by atoms with Crippen LogP contribution in [0, 0.1) is 6.92 Å². The molecule has 0 spiro atoms. The van der Waals surface area contributed by atoms with E-state index in [9.17, 15) is 18.0 Å². The van der Waals surface area contributed by atoms with Gasteiger partial charge in [-0.25, -0.2) is 9.97 Å². The number of para-hydroxylation sites is 1. The monoisotopic (exact) mass is 465 g/mol. The van der Waals surface area contributed by atoms with Crippen LogP contribution in [-0.2, 0) is 11.0 Å². The minimum absolute atomic E-state index is 0.0720. The van der Waals surface area contributed by atoms with Crippen molar-refractivity contribution in [1.29, 1.82) is 0 Å². The molecule has 0 saturated carbocycles. The van der Waals surface area contributed by atoms with Gasteiger partial charge in [0.05, 0.1) is 22.4 Å². The van der Waals surface area contributed by atoms with Gasteiger partial charge in [0.1, 0.15) is 15.7 Å². The van der Waals surface area contributed by atoms with Crippen molar-refractivity contribution in [1.82, 2.24) is 9.97 Å². The number of alkyl halides is 3. The molecule has 0 aliphatic heterocycles. The van der Waals surface area contributed by atoms with Crippen LogP contribution in [0.15, 0.2) is 52.2 Å². The van der Waals surface area contributed by atoms with Crippen molar-refractivity contribution in [3.05, 3.63) is 58.5 Å². The van der Waals surface area contributed by atoms with Gasteiger partial charge in [0.2, 0.25) is 5.91 Å². The molecule has 30 heavy (non-hydrogen) atoms. The van der Waals surface area contributed by atoms with Crippen LogP contribution in [0.3, 0.4) is 0 Å². The van der Waals surface area contributed by atoms with Gasteiger partial charge in [0.15, 0.2) is 0 Å². The van der Waals surface area contributed by atoms with Gasteiger partial charge in [-0.05, 0) is 30.5 Å². The number of nitrogens with zero attached hydrogens (tertiary/aromatic N) is 2. The number of aryl methyl sites for hydroxylation is 1. The molecule has 0 saturated heterocycles. The van der Waals surface area contributed by atoms with Crippen molar-refractivity contribution in [2.45, 2.75) is 18.1 Å². The van der Waals surface area contributed by atoms with Crippen LogP contribution in [0.25, 0.3) is 20.7 Å². The fourth-order valence-corrected chi connectivity index (χ4v) is 5.65. The number of thiophene rings is 2. The highest BCUT2D eigenvalue weighted by Crippen LogP contribution is 2.40. The highest BCUT2D eigenvalue weighted by atomic mass is 32.2. The van der Waals surface area contributed by atoms with Crippen LogP contribution in [0.5, 0.6) is 0 Å². The first-order chi connectivity index (χ1) is 14.3. The molecule has 3 heterocycles. The molecular formula is C20H14F3N3OS3. The largest absolute Gasteiger partial charge is 0.418 e. The number of hydrogen-bond donors (Lipinski definition) is 1. The molecule has 1 aromatic carbocycles. The lowest BCUT2D eigenvalue weighted by atomic mass is 10.1. The number of nitrogens with one attached hydrogen (secondary N) is 1. The summed E-state index contributed by atoms with van der Waals surface area (Å²) in [4.78, 5) is 23.2. The Balaban J connectivity index is 1.57. The second-order valence-electron chi connectivity index (χ2n) is 6.26. The first-order valence-corrected chi connectivity index (χ1v) is 11.5. The molecule has 0 bridgehead atoms. The maximum Gasteiger partial charge on any atom is 0.418 e. The van der Waals surface area contributed by atoms with Gasteiger partial charge in [-0.3, -0.25) is 4.79 Å². The highest BCUT2D eigenvalue weighted by molar-refractivity contribution is 8.00. The van der Waals surface area contributed by atoms with Crippen LogP contribution >= 0.6 is 34.4 Å². The van der Waals surface area contributed by atoms with Crippen LogP contribution in [0.4, 0.5) is 18.9 Å². The minimum Gasteiger partial charge on any atom is -0.325 e. The maximum atomic E-state index is 13.1. The number of thioether (sulfide) groups is 1. The summed E-state index contributed by atoms with van der Waals surface area (Å²) in [6.07, 6.45) is -4.54. The predicted octanol–water partition coefficient (Wildman–Crippen LogP) is 6.48. The average Bonchev–Trinajstić information content (AvgIpc) is 3.35. The Morgan fingerprint density at radius 3 is 2.67 bits per heavy atom. The number of aromatic nitrogens is 2. The molecule has 4 rings (SSSR count). The van der Waals surface area contributed by atoms with Gasteiger partial charge in [0, 0.05) is 15.8 Å². The number of benzene rings is 1. The Bertz CT molecular complexity index is 1200. The van der Waals surface area contributed by atoms with Crippen LogP contribution < -0.4 is 5.32 Å². The highest BCUT2D eigenvalue weighted by Gasteiger charge is 2.33. The number of amides is 1. The zero-order valence-corrected chi connectivity index (χ0v) is 17.9. The quantitative estimate of drug-likeness (QED) is 0.271. The van der Waals surface area contributed by atoms with E-state index in [1.807, 2.05) is 22.9 Å². The van der Waals surface area contributed by atoms with Crippen molar-refractivity contribution in [2.24, 2.45) is 0 Å². The topological polar surface area (TPSA) is 54.9 Å². The van der Waals surface area contributed by atoms with E-state index < -0.39 is 17.6 Å². The normalized spacial score (nSPS) is 11.7. The standard InChI is InChI=1S/C20H14F3N3OS3/c1-11-24-18-17(12(9-29-18)15-7-4-8-28-15)19(25-11)30-10-16(27)26-14-6-3-2-5-13(14)20(21,22)23/h2-9H,10H2,1H3,(H,26,27). The van der Waals surface area contributed by atoms with Gasteiger partial charge in [0.25, 0.3) is 0 Å². The van der Waals surface area contributed by atoms with Gasteiger partial charge in [-0.1, -0.05) is 30.0 Å². The SMILES string of the molecule is Cc1nc(SCC(=O)Nc2ccccc2C(F)(F)F)c2c(-c3cccs3)csc2n1. The van der Waals surface area contributed by atoms with E-state index >= 15 is 0 Å². The Labute approximate surface area is 182 Å². The molecule has 0 fully saturated rings. The number of halogens is 3. The number of carbonyl (C=O) groups excluding carboxylic acids is 1. The molecule has 154 valence electrons. The van der Waals surface area contributed by atoms with E-state index in [1.165, 1.54) is 41.3 Å². The molecule has 0 unspecified atom stereocenters. The third-order valence-corrected chi connectivity index (χ3v) is 6.90. The predicted molar refractivity (Wildman–Crippen MR) is 116 cm³/mol. The summed E-state index contributed by atoms with van der Waals surface area (Å²) >= 11 is 4.28. The Kier molecular flexibility index (Phi) is 5.81. The van der Waals surface area contributed by atoms with Crippen molar-refractivity contribution in [2.75, 3.05) is 11.1 Å². The fourth-order valence-electron chi connectivity index (χ4n) is 2.89. The molecule has 0 aliphatic carbocycles. The number of carbonyl (C=O) groups is 1. The van der Waals surface area contributed by atoms with Gasteiger partial charge in [-0.2, -0.15) is 13.2 Å². The van der Waals surface area contributed by atoms with Gasteiger partial charge < -0.3 is 5.32 Å². The summed E-state index contributed by atoms with van der Waals surface area (Å²) < 4.78 is 39.4. The van der Waals surface area contributed by atoms with Crippen molar-refractivity contribution in [3.8, 4) is 10.4 Å².